The third kappa shape index (κ3) is 5.37. The number of hydrogen-bond donors (Lipinski definition) is 2. The number of benzene rings is 1. The topological polar surface area (TPSA) is 102 Å². The second kappa shape index (κ2) is 6.85. The third-order valence-electron chi connectivity index (χ3n) is 2.60. The summed E-state index contributed by atoms with van der Waals surface area (Å²) in [5.74, 6) is 0.421. The van der Waals surface area contributed by atoms with Crippen molar-refractivity contribution in [1.82, 2.24) is 0 Å². The average molecular weight is 324 g/mol. The number of hydrogen-bond acceptors (Lipinski definition) is 5. The lowest BCUT2D eigenvalue weighted by atomic mass is 10.1. The quantitative estimate of drug-likeness (QED) is 0.742. The van der Waals surface area contributed by atoms with Gasteiger partial charge in [0.05, 0.1) is 19.4 Å². The largest absolute Gasteiger partial charge is 0.497 e. The van der Waals surface area contributed by atoms with Crippen LogP contribution in [0.1, 0.15) is 11.1 Å². The van der Waals surface area contributed by atoms with E-state index in [-0.39, 0.29) is 12.3 Å². The van der Waals surface area contributed by atoms with Crippen LogP contribution < -0.4 is 4.74 Å². The molecular formula is C11H18O7P2. The molecule has 0 aromatic heterocycles. The predicted molar refractivity (Wildman–Crippen MR) is 74.1 cm³/mol. The molecule has 0 amide bonds. The van der Waals surface area contributed by atoms with Crippen LogP contribution in [0.5, 0.6) is 5.75 Å². The van der Waals surface area contributed by atoms with E-state index in [2.05, 4.69) is 9.05 Å². The maximum atomic E-state index is 11.6. The molecule has 7 nitrogen and oxygen atoms in total. The Labute approximate surface area is 117 Å². The summed E-state index contributed by atoms with van der Waals surface area (Å²) in [6, 6.07) is 4.69. The molecule has 1 rings (SSSR count). The van der Waals surface area contributed by atoms with Gasteiger partial charge < -0.3 is 23.6 Å². The Hall–Kier alpha value is -0.680. The van der Waals surface area contributed by atoms with Crippen LogP contribution in [0.4, 0.5) is 0 Å². The molecule has 114 valence electrons. The molecular weight excluding hydrogens is 306 g/mol. The van der Waals surface area contributed by atoms with E-state index in [0.29, 0.717) is 16.9 Å². The van der Waals surface area contributed by atoms with Crippen LogP contribution in [-0.4, -0.2) is 31.1 Å². The van der Waals surface area contributed by atoms with Crippen molar-refractivity contribution in [1.29, 1.82) is 0 Å². The first kappa shape index (κ1) is 17.4. The Bertz CT molecular complexity index is 513. The van der Waals surface area contributed by atoms with E-state index < -0.39 is 15.2 Å². The molecule has 0 radical (unpaired) electrons. The van der Waals surface area contributed by atoms with Gasteiger partial charge in [0.1, 0.15) is 5.75 Å². The van der Waals surface area contributed by atoms with Crippen molar-refractivity contribution in [2.45, 2.75) is 12.3 Å². The van der Waals surface area contributed by atoms with Gasteiger partial charge in [-0.05, 0) is 23.3 Å². The number of rotatable bonds is 7. The molecule has 1 aromatic rings. The molecule has 9 heteroatoms. The highest BCUT2D eigenvalue weighted by Crippen LogP contribution is 2.47. The van der Waals surface area contributed by atoms with Gasteiger partial charge in [-0.2, -0.15) is 0 Å². The third-order valence-corrected chi connectivity index (χ3v) is 5.27. The van der Waals surface area contributed by atoms with Crippen LogP contribution in [0.2, 0.25) is 0 Å². The highest BCUT2D eigenvalue weighted by molar-refractivity contribution is 7.52. The van der Waals surface area contributed by atoms with Crippen molar-refractivity contribution >= 4 is 15.2 Å². The normalized spacial score (nSPS) is 17.2. The molecule has 0 aliphatic carbocycles. The molecule has 2 atom stereocenters. The van der Waals surface area contributed by atoms with Crippen molar-refractivity contribution in [2.24, 2.45) is 0 Å². The molecule has 0 aliphatic rings. The van der Waals surface area contributed by atoms with Gasteiger partial charge in [-0.3, -0.25) is 9.13 Å². The zero-order valence-electron chi connectivity index (χ0n) is 11.5. The van der Waals surface area contributed by atoms with E-state index in [9.17, 15) is 18.9 Å². The van der Waals surface area contributed by atoms with Gasteiger partial charge in [-0.15, -0.1) is 0 Å². The lowest BCUT2D eigenvalue weighted by molar-refractivity contribution is 0.313. The first-order valence-electron chi connectivity index (χ1n) is 5.63. The Balaban J connectivity index is 3.09. The minimum absolute atomic E-state index is 0.212. The Morgan fingerprint density at radius 3 is 1.60 bits per heavy atom. The monoisotopic (exact) mass is 324 g/mol. The molecule has 0 spiro atoms. The summed E-state index contributed by atoms with van der Waals surface area (Å²) in [5.41, 5.74) is 0.950. The average Bonchev–Trinajstić information content (AvgIpc) is 2.37. The second-order valence-electron chi connectivity index (χ2n) is 4.15. The van der Waals surface area contributed by atoms with Crippen molar-refractivity contribution in [3.8, 4) is 5.75 Å². The highest BCUT2D eigenvalue weighted by Gasteiger charge is 2.22. The summed E-state index contributed by atoms with van der Waals surface area (Å²) >= 11 is 0. The first-order chi connectivity index (χ1) is 9.21. The molecule has 0 saturated heterocycles. The molecule has 2 N–H and O–H groups in total. The lowest BCUT2D eigenvalue weighted by Gasteiger charge is -2.13. The Morgan fingerprint density at radius 1 is 0.900 bits per heavy atom. The highest BCUT2D eigenvalue weighted by atomic mass is 31.2. The fourth-order valence-electron chi connectivity index (χ4n) is 1.62. The van der Waals surface area contributed by atoms with E-state index in [0.717, 1.165) is 14.2 Å². The minimum atomic E-state index is -3.72. The van der Waals surface area contributed by atoms with E-state index in [1.54, 1.807) is 18.2 Å². The Kier molecular flexibility index (Phi) is 5.95. The molecule has 0 heterocycles. The zero-order valence-corrected chi connectivity index (χ0v) is 13.3. The number of ether oxygens (including phenoxy) is 1. The minimum Gasteiger partial charge on any atom is -0.497 e. The zero-order chi connectivity index (χ0) is 15.4. The van der Waals surface area contributed by atoms with Crippen LogP contribution in [0, 0.1) is 0 Å². The van der Waals surface area contributed by atoms with E-state index in [4.69, 9.17) is 4.74 Å². The second-order valence-corrected chi connectivity index (χ2v) is 8.06. The predicted octanol–water partition coefficient (Wildman–Crippen LogP) is 2.36. The number of methoxy groups -OCH3 is 1. The van der Waals surface area contributed by atoms with Gasteiger partial charge in [0.2, 0.25) is 0 Å². The van der Waals surface area contributed by atoms with Crippen LogP contribution in [-0.2, 0) is 30.5 Å². The van der Waals surface area contributed by atoms with Gasteiger partial charge in [-0.1, -0.05) is 6.07 Å². The molecule has 0 bridgehead atoms. The smallest absolute Gasteiger partial charge is 0.332 e. The standard InChI is InChI=1S/C11H18O7P2/c1-16-11-5-9(7-19(12,13)17-2)4-10(6-11)8-20(14,15)18-3/h4-6H,7-8H2,1-3H3,(H,12,13)(H,14,15). The SMILES string of the molecule is COc1cc(CP(=O)(O)OC)cc(CP(=O)(O)OC)c1. The lowest BCUT2D eigenvalue weighted by Crippen LogP contribution is -1.96. The summed E-state index contributed by atoms with van der Waals surface area (Å²) in [5, 5.41) is 0. The molecule has 1 aromatic carbocycles. The summed E-state index contributed by atoms with van der Waals surface area (Å²) in [4.78, 5) is 18.9. The molecule has 2 unspecified atom stereocenters. The fourth-order valence-corrected chi connectivity index (χ4v) is 3.17. The van der Waals surface area contributed by atoms with Gasteiger partial charge in [0.25, 0.3) is 0 Å². The first-order valence-corrected chi connectivity index (χ1v) is 9.16. The molecule has 0 aliphatic heterocycles. The van der Waals surface area contributed by atoms with Crippen LogP contribution in [0.15, 0.2) is 18.2 Å². The van der Waals surface area contributed by atoms with E-state index in [1.165, 1.54) is 7.11 Å². The maximum Gasteiger partial charge on any atom is 0.332 e. The van der Waals surface area contributed by atoms with Gasteiger partial charge in [-0.25, -0.2) is 0 Å². The summed E-state index contributed by atoms with van der Waals surface area (Å²) in [6.45, 7) is 0. The van der Waals surface area contributed by atoms with Gasteiger partial charge in [0, 0.05) is 14.2 Å². The molecule has 0 fully saturated rings. The van der Waals surface area contributed by atoms with Crippen LogP contribution in [0.3, 0.4) is 0 Å². The van der Waals surface area contributed by atoms with E-state index in [1.807, 2.05) is 0 Å². The summed E-state index contributed by atoms with van der Waals surface area (Å²) < 4.78 is 37.2. The van der Waals surface area contributed by atoms with Gasteiger partial charge >= 0.3 is 15.2 Å². The molecule has 0 saturated carbocycles. The van der Waals surface area contributed by atoms with Crippen molar-refractivity contribution < 1.29 is 32.7 Å². The van der Waals surface area contributed by atoms with Crippen LogP contribution in [0.25, 0.3) is 0 Å². The van der Waals surface area contributed by atoms with Crippen molar-refractivity contribution in [3.05, 3.63) is 29.3 Å². The van der Waals surface area contributed by atoms with Crippen LogP contribution >= 0.6 is 15.2 Å². The summed E-state index contributed by atoms with van der Waals surface area (Å²) in [7, 11) is -3.71. The molecule has 20 heavy (non-hydrogen) atoms. The maximum absolute atomic E-state index is 11.6. The van der Waals surface area contributed by atoms with Crippen molar-refractivity contribution in [2.75, 3.05) is 21.3 Å². The summed E-state index contributed by atoms with van der Waals surface area (Å²) in [6.07, 6.45) is -0.424. The van der Waals surface area contributed by atoms with Gasteiger partial charge in [0.15, 0.2) is 0 Å². The van der Waals surface area contributed by atoms with E-state index >= 15 is 0 Å². The fraction of sp³-hybridized carbons (Fsp3) is 0.455. The van der Waals surface area contributed by atoms with Crippen molar-refractivity contribution in [3.63, 3.8) is 0 Å². The Morgan fingerprint density at radius 2 is 1.30 bits per heavy atom.